The lowest BCUT2D eigenvalue weighted by Gasteiger charge is -2.20. The molecular formula is C12H18N2O2. The van der Waals surface area contributed by atoms with Crippen molar-refractivity contribution in [3.63, 3.8) is 0 Å². The number of likely N-dealkylation sites (N-methyl/N-ethyl adjacent to an activating group) is 1. The van der Waals surface area contributed by atoms with E-state index in [9.17, 15) is 0 Å². The number of aromatic nitrogens is 1. The highest BCUT2D eigenvalue weighted by Gasteiger charge is 2.18. The van der Waals surface area contributed by atoms with Crippen molar-refractivity contribution in [2.24, 2.45) is 0 Å². The maximum Gasteiger partial charge on any atom is 0.308 e. The molecular weight excluding hydrogens is 204 g/mol. The van der Waals surface area contributed by atoms with E-state index in [2.05, 4.69) is 23.0 Å². The van der Waals surface area contributed by atoms with Gasteiger partial charge in [-0.15, -0.1) is 0 Å². The van der Waals surface area contributed by atoms with Gasteiger partial charge in [0.2, 0.25) is 5.89 Å². The lowest BCUT2D eigenvalue weighted by molar-refractivity contribution is 0.295. The molecule has 1 aromatic heterocycles. The first-order chi connectivity index (χ1) is 7.74. The van der Waals surface area contributed by atoms with Gasteiger partial charge in [-0.25, -0.2) is 4.98 Å². The number of ether oxygens (including phenoxy) is 1. The molecule has 4 heteroatoms. The summed E-state index contributed by atoms with van der Waals surface area (Å²) in [6.07, 6.45) is 4.08. The second-order valence-corrected chi connectivity index (χ2v) is 4.07. The molecule has 0 aliphatic carbocycles. The number of rotatable bonds is 3. The van der Waals surface area contributed by atoms with Crippen LogP contribution in [0, 0.1) is 0 Å². The van der Waals surface area contributed by atoms with Crippen LogP contribution in [0.2, 0.25) is 0 Å². The highest BCUT2D eigenvalue weighted by molar-refractivity contribution is 5.61. The molecule has 1 aliphatic rings. The van der Waals surface area contributed by atoms with E-state index < -0.39 is 0 Å². The molecule has 4 nitrogen and oxygen atoms in total. The Morgan fingerprint density at radius 3 is 2.94 bits per heavy atom. The normalized spacial score (nSPS) is 17.3. The summed E-state index contributed by atoms with van der Waals surface area (Å²) in [5.41, 5.74) is 2.05. The van der Waals surface area contributed by atoms with Gasteiger partial charge >= 0.3 is 5.95 Å². The maximum absolute atomic E-state index is 5.61. The maximum atomic E-state index is 5.61. The predicted molar refractivity (Wildman–Crippen MR) is 62.5 cm³/mol. The summed E-state index contributed by atoms with van der Waals surface area (Å²) in [6.45, 7) is 4.04. The molecule has 2 heterocycles. The van der Waals surface area contributed by atoms with Crippen molar-refractivity contribution >= 4 is 5.57 Å². The van der Waals surface area contributed by atoms with Crippen LogP contribution in [0.1, 0.15) is 24.9 Å². The number of nitrogens with zero attached hydrogens (tertiary/aromatic N) is 2. The summed E-state index contributed by atoms with van der Waals surface area (Å²) >= 11 is 0. The molecule has 0 saturated heterocycles. The number of methoxy groups -OCH3 is 1. The number of oxazole rings is 1. The van der Waals surface area contributed by atoms with E-state index in [-0.39, 0.29) is 0 Å². The van der Waals surface area contributed by atoms with Gasteiger partial charge in [-0.3, -0.25) is 0 Å². The smallest absolute Gasteiger partial charge is 0.308 e. The van der Waals surface area contributed by atoms with E-state index >= 15 is 0 Å². The third kappa shape index (κ3) is 2.11. The van der Waals surface area contributed by atoms with Gasteiger partial charge in [0.25, 0.3) is 0 Å². The van der Waals surface area contributed by atoms with Crippen LogP contribution in [-0.4, -0.2) is 37.1 Å². The standard InChI is InChI=1S/C12H18N2O2/c1-4-10-12(15-3)16-11(13-10)9-6-5-7-14(2)8-9/h6H,4-5,7-8H2,1-3H3. The Morgan fingerprint density at radius 2 is 2.38 bits per heavy atom. The zero-order valence-electron chi connectivity index (χ0n) is 10.1. The third-order valence-electron chi connectivity index (χ3n) is 2.80. The second-order valence-electron chi connectivity index (χ2n) is 4.07. The molecule has 0 unspecified atom stereocenters. The lowest BCUT2D eigenvalue weighted by atomic mass is 10.1. The molecule has 0 spiro atoms. The molecule has 1 aromatic rings. The minimum absolute atomic E-state index is 0.548. The summed E-state index contributed by atoms with van der Waals surface area (Å²) in [7, 11) is 3.72. The zero-order chi connectivity index (χ0) is 11.5. The number of hydrogen-bond donors (Lipinski definition) is 0. The molecule has 88 valence electrons. The Bertz CT molecular complexity index is 374. The lowest BCUT2D eigenvalue weighted by Crippen LogP contribution is -2.25. The van der Waals surface area contributed by atoms with Crippen LogP contribution in [0.25, 0.3) is 5.57 Å². The molecule has 0 N–H and O–H groups in total. The number of hydrogen-bond acceptors (Lipinski definition) is 4. The SMILES string of the molecule is CCc1nc(C2=CCCN(C)C2)oc1OC. The molecule has 1 aliphatic heterocycles. The van der Waals surface area contributed by atoms with E-state index in [0.717, 1.165) is 37.2 Å². The fourth-order valence-electron chi connectivity index (χ4n) is 1.91. The van der Waals surface area contributed by atoms with Crippen LogP contribution in [0.15, 0.2) is 10.5 Å². The predicted octanol–water partition coefficient (Wildman–Crippen LogP) is 1.96. The van der Waals surface area contributed by atoms with Gasteiger partial charge in [0.1, 0.15) is 5.69 Å². The Labute approximate surface area is 95.9 Å². The summed E-state index contributed by atoms with van der Waals surface area (Å²) < 4.78 is 10.8. The topological polar surface area (TPSA) is 38.5 Å². The van der Waals surface area contributed by atoms with Crippen LogP contribution < -0.4 is 4.74 Å². The van der Waals surface area contributed by atoms with E-state index in [1.807, 2.05) is 6.92 Å². The first kappa shape index (κ1) is 11.2. The number of aryl methyl sites for hydroxylation is 1. The largest absolute Gasteiger partial charge is 0.467 e. The van der Waals surface area contributed by atoms with Crippen molar-refractivity contribution in [1.29, 1.82) is 0 Å². The van der Waals surface area contributed by atoms with Gasteiger partial charge in [0.05, 0.1) is 7.11 Å². The van der Waals surface area contributed by atoms with Gasteiger partial charge in [0, 0.05) is 18.7 Å². The highest BCUT2D eigenvalue weighted by atomic mass is 16.6. The van der Waals surface area contributed by atoms with Gasteiger partial charge in [-0.1, -0.05) is 13.0 Å². The van der Waals surface area contributed by atoms with Gasteiger partial charge < -0.3 is 14.1 Å². The van der Waals surface area contributed by atoms with Gasteiger partial charge in [0.15, 0.2) is 0 Å². The van der Waals surface area contributed by atoms with Crippen molar-refractivity contribution < 1.29 is 9.15 Å². The minimum Gasteiger partial charge on any atom is -0.467 e. The monoisotopic (exact) mass is 222 g/mol. The Hall–Kier alpha value is -1.29. The molecule has 0 bridgehead atoms. The summed E-state index contributed by atoms with van der Waals surface area (Å²) in [5.74, 6) is 1.26. The van der Waals surface area contributed by atoms with Crippen LogP contribution in [-0.2, 0) is 6.42 Å². The van der Waals surface area contributed by atoms with Crippen molar-refractivity contribution in [3.05, 3.63) is 17.7 Å². The summed E-state index contributed by atoms with van der Waals surface area (Å²) in [4.78, 5) is 6.73. The van der Waals surface area contributed by atoms with Crippen molar-refractivity contribution in [2.75, 3.05) is 27.2 Å². The van der Waals surface area contributed by atoms with Crippen molar-refractivity contribution in [3.8, 4) is 5.95 Å². The molecule has 0 saturated carbocycles. The van der Waals surface area contributed by atoms with Crippen molar-refractivity contribution in [1.82, 2.24) is 9.88 Å². The molecule has 16 heavy (non-hydrogen) atoms. The van der Waals surface area contributed by atoms with Crippen LogP contribution >= 0.6 is 0 Å². The highest BCUT2D eigenvalue weighted by Crippen LogP contribution is 2.26. The minimum atomic E-state index is 0.548. The molecule has 0 fully saturated rings. The van der Waals surface area contributed by atoms with Crippen LogP contribution in [0.3, 0.4) is 0 Å². The fraction of sp³-hybridized carbons (Fsp3) is 0.583. The molecule has 0 aromatic carbocycles. The van der Waals surface area contributed by atoms with Crippen LogP contribution in [0.4, 0.5) is 0 Å². The molecule has 0 radical (unpaired) electrons. The van der Waals surface area contributed by atoms with Crippen LogP contribution in [0.5, 0.6) is 5.95 Å². The van der Waals surface area contributed by atoms with Gasteiger partial charge in [-0.2, -0.15) is 0 Å². The first-order valence-electron chi connectivity index (χ1n) is 5.66. The molecule has 0 amide bonds. The Balaban J connectivity index is 2.26. The average Bonchev–Trinajstić information content (AvgIpc) is 2.72. The van der Waals surface area contributed by atoms with E-state index in [4.69, 9.17) is 9.15 Å². The fourth-order valence-corrected chi connectivity index (χ4v) is 1.91. The summed E-state index contributed by atoms with van der Waals surface area (Å²) in [5, 5.41) is 0. The first-order valence-corrected chi connectivity index (χ1v) is 5.66. The van der Waals surface area contributed by atoms with E-state index in [0.29, 0.717) is 11.8 Å². The van der Waals surface area contributed by atoms with E-state index in [1.165, 1.54) is 0 Å². The molecule has 2 rings (SSSR count). The quantitative estimate of drug-likeness (QED) is 0.783. The Kier molecular flexibility index (Phi) is 3.29. The van der Waals surface area contributed by atoms with Crippen molar-refractivity contribution in [2.45, 2.75) is 19.8 Å². The van der Waals surface area contributed by atoms with Gasteiger partial charge in [-0.05, 0) is 19.9 Å². The van der Waals surface area contributed by atoms with E-state index in [1.54, 1.807) is 7.11 Å². The zero-order valence-corrected chi connectivity index (χ0v) is 10.1. The summed E-state index contributed by atoms with van der Waals surface area (Å²) in [6, 6.07) is 0. The molecule has 0 atom stereocenters. The third-order valence-corrected chi connectivity index (χ3v) is 2.80. The average molecular weight is 222 g/mol. The Morgan fingerprint density at radius 1 is 1.56 bits per heavy atom. The second kappa shape index (κ2) is 4.70.